The largest absolute Gasteiger partial charge is 0.399 e. The number of anilines is 1. The van der Waals surface area contributed by atoms with Crippen molar-refractivity contribution in [2.24, 2.45) is 0 Å². The molecule has 0 radical (unpaired) electrons. The van der Waals surface area contributed by atoms with Crippen molar-refractivity contribution in [3.63, 3.8) is 0 Å². The molecule has 0 aromatic heterocycles. The van der Waals surface area contributed by atoms with Crippen molar-refractivity contribution in [2.45, 2.75) is 32.3 Å². The molecule has 1 amide bonds. The van der Waals surface area contributed by atoms with E-state index in [2.05, 4.69) is 5.32 Å². The van der Waals surface area contributed by atoms with Crippen molar-refractivity contribution in [3.05, 3.63) is 29.8 Å². The lowest BCUT2D eigenvalue weighted by atomic mass is 10.0. The summed E-state index contributed by atoms with van der Waals surface area (Å²) in [5, 5.41) is 12.5. The summed E-state index contributed by atoms with van der Waals surface area (Å²) in [6, 6.07) is 7.19. The summed E-state index contributed by atoms with van der Waals surface area (Å²) < 4.78 is 0. The fraction of sp³-hybridized carbons (Fsp3) is 0.462. The molecule has 0 fully saturated rings. The molecule has 0 saturated heterocycles. The molecule has 0 aliphatic rings. The van der Waals surface area contributed by atoms with Crippen LogP contribution < -0.4 is 11.1 Å². The molecular formula is C13H20N2O2. The quantitative estimate of drug-likeness (QED) is 0.670. The van der Waals surface area contributed by atoms with Crippen molar-refractivity contribution in [2.75, 3.05) is 12.3 Å². The van der Waals surface area contributed by atoms with Crippen molar-refractivity contribution >= 4 is 11.6 Å². The molecule has 1 unspecified atom stereocenters. The third-order valence-electron chi connectivity index (χ3n) is 2.77. The van der Waals surface area contributed by atoms with Gasteiger partial charge in [0.05, 0.1) is 12.0 Å². The first kappa shape index (κ1) is 13.5. The van der Waals surface area contributed by atoms with Gasteiger partial charge in [0.2, 0.25) is 5.91 Å². The molecule has 0 bridgehead atoms. The molecule has 4 heteroatoms. The topological polar surface area (TPSA) is 75.3 Å². The number of hydrogen-bond acceptors (Lipinski definition) is 3. The Labute approximate surface area is 102 Å². The maximum Gasteiger partial charge on any atom is 0.224 e. The van der Waals surface area contributed by atoms with Gasteiger partial charge in [0.1, 0.15) is 0 Å². The van der Waals surface area contributed by atoms with Gasteiger partial charge in [-0.15, -0.1) is 0 Å². The minimum Gasteiger partial charge on any atom is -0.399 e. The zero-order valence-corrected chi connectivity index (χ0v) is 10.4. The number of nitrogens with two attached hydrogens (primary N) is 1. The van der Waals surface area contributed by atoms with Gasteiger partial charge in [-0.1, -0.05) is 19.1 Å². The first-order valence-corrected chi connectivity index (χ1v) is 5.76. The summed E-state index contributed by atoms with van der Waals surface area (Å²) >= 11 is 0. The van der Waals surface area contributed by atoms with Crippen molar-refractivity contribution in [3.8, 4) is 0 Å². The highest BCUT2D eigenvalue weighted by molar-refractivity contribution is 5.78. The lowest BCUT2D eigenvalue weighted by molar-refractivity contribution is -0.121. The molecule has 4 nitrogen and oxygen atoms in total. The molecular weight excluding hydrogens is 216 g/mol. The van der Waals surface area contributed by atoms with Crippen LogP contribution in [0.1, 0.15) is 25.8 Å². The summed E-state index contributed by atoms with van der Waals surface area (Å²) in [6.07, 6.45) is 0.912. The van der Waals surface area contributed by atoms with E-state index in [0.29, 0.717) is 18.5 Å². The minimum atomic E-state index is -0.837. The van der Waals surface area contributed by atoms with Crippen LogP contribution in [0.4, 0.5) is 5.69 Å². The second-order valence-corrected chi connectivity index (χ2v) is 4.55. The first-order valence-electron chi connectivity index (χ1n) is 5.76. The van der Waals surface area contributed by atoms with E-state index in [9.17, 15) is 9.90 Å². The zero-order chi connectivity index (χ0) is 12.9. The van der Waals surface area contributed by atoms with Crippen LogP contribution in [0.5, 0.6) is 0 Å². The zero-order valence-electron chi connectivity index (χ0n) is 10.4. The highest BCUT2D eigenvalue weighted by Gasteiger charge is 2.18. The van der Waals surface area contributed by atoms with E-state index in [0.717, 1.165) is 5.56 Å². The average molecular weight is 236 g/mol. The third-order valence-corrected chi connectivity index (χ3v) is 2.77. The molecule has 0 aliphatic carbocycles. The van der Waals surface area contributed by atoms with Gasteiger partial charge in [-0.2, -0.15) is 0 Å². The summed E-state index contributed by atoms with van der Waals surface area (Å²) in [5.74, 6) is -0.0940. The standard InChI is InChI=1S/C13H20N2O2/c1-3-13(2,17)9-15-12(16)8-10-4-6-11(14)7-5-10/h4-7,17H,3,8-9,14H2,1-2H3,(H,15,16). The van der Waals surface area contributed by atoms with E-state index in [1.54, 1.807) is 19.1 Å². The van der Waals surface area contributed by atoms with Gasteiger partial charge in [-0.05, 0) is 31.0 Å². The van der Waals surface area contributed by atoms with Gasteiger partial charge in [0.15, 0.2) is 0 Å². The number of nitrogen functional groups attached to an aromatic ring is 1. The number of hydrogen-bond donors (Lipinski definition) is 3. The van der Waals surface area contributed by atoms with Gasteiger partial charge in [0.25, 0.3) is 0 Å². The van der Waals surface area contributed by atoms with E-state index < -0.39 is 5.60 Å². The van der Waals surface area contributed by atoms with Crippen molar-refractivity contribution in [1.82, 2.24) is 5.32 Å². The number of amides is 1. The maximum absolute atomic E-state index is 11.6. The van der Waals surface area contributed by atoms with Gasteiger partial charge in [0, 0.05) is 12.2 Å². The Hall–Kier alpha value is -1.55. The van der Waals surface area contributed by atoms with Crippen LogP contribution in [-0.2, 0) is 11.2 Å². The predicted octanol–water partition coefficient (Wildman–Crippen LogP) is 1.09. The molecule has 1 rings (SSSR count). The molecule has 1 atom stereocenters. The molecule has 94 valence electrons. The fourth-order valence-corrected chi connectivity index (χ4v) is 1.30. The summed E-state index contributed by atoms with van der Waals surface area (Å²) in [5.41, 5.74) is 6.31. The number of rotatable bonds is 5. The molecule has 1 aromatic rings. The number of nitrogens with one attached hydrogen (secondary N) is 1. The predicted molar refractivity (Wildman–Crippen MR) is 68.5 cm³/mol. The summed E-state index contributed by atoms with van der Waals surface area (Å²) in [6.45, 7) is 3.86. The number of carbonyl (C=O) groups excluding carboxylic acids is 1. The Morgan fingerprint density at radius 2 is 2.00 bits per heavy atom. The highest BCUT2D eigenvalue weighted by Crippen LogP contribution is 2.08. The first-order chi connectivity index (χ1) is 7.93. The van der Waals surface area contributed by atoms with Crippen LogP contribution in [0.3, 0.4) is 0 Å². The smallest absolute Gasteiger partial charge is 0.224 e. The molecule has 0 aliphatic heterocycles. The second kappa shape index (κ2) is 5.68. The van der Waals surface area contributed by atoms with Crippen LogP contribution in [0.15, 0.2) is 24.3 Å². The Balaban J connectivity index is 2.42. The Morgan fingerprint density at radius 1 is 1.41 bits per heavy atom. The van der Waals surface area contributed by atoms with E-state index in [1.165, 1.54) is 0 Å². The molecule has 0 heterocycles. The van der Waals surface area contributed by atoms with Gasteiger partial charge < -0.3 is 16.2 Å². The SMILES string of the molecule is CCC(C)(O)CNC(=O)Cc1ccc(N)cc1. The lowest BCUT2D eigenvalue weighted by Gasteiger charge is -2.21. The normalized spacial score (nSPS) is 14.1. The molecule has 0 spiro atoms. The van der Waals surface area contributed by atoms with E-state index >= 15 is 0 Å². The van der Waals surface area contributed by atoms with E-state index in [-0.39, 0.29) is 12.5 Å². The van der Waals surface area contributed by atoms with Crippen LogP contribution in [-0.4, -0.2) is 23.2 Å². The second-order valence-electron chi connectivity index (χ2n) is 4.55. The molecule has 0 saturated carbocycles. The Kier molecular flexibility index (Phi) is 4.52. The Bertz CT molecular complexity index is 372. The van der Waals surface area contributed by atoms with Crippen LogP contribution in [0.2, 0.25) is 0 Å². The van der Waals surface area contributed by atoms with Gasteiger partial charge in [-0.3, -0.25) is 4.79 Å². The summed E-state index contributed by atoms with van der Waals surface area (Å²) in [7, 11) is 0. The molecule has 17 heavy (non-hydrogen) atoms. The van der Waals surface area contributed by atoms with E-state index in [1.807, 2.05) is 19.1 Å². The van der Waals surface area contributed by atoms with E-state index in [4.69, 9.17) is 5.73 Å². The van der Waals surface area contributed by atoms with Crippen LogP contribution in [0.25, 0.3) is 0 Å². The van der Waals surface area contributed by atoms with Crippen LogP contribution in [0, 0.1) is 0 Å². The lowest BCUT2D eigenvalue weighted by Crippen LogP contribution is -2.40. The minimum absolute atomic E-state index is 0.0940. The number of benzene rings is 1. The van der Waals surface area contributed by atoms with Gasteiger partial charge in [-0.25, -0.2) is 0 Å². The highest BCUT2D eigenvalue weighted by atomic mass is 16.3. The fourth-order valence-electron chi connectivity index (χ4n) is 1.30. The Morgan fingerprint density at radius 3 is 2.53 bits per heavy atom. The van der Waals surface area contributed by atoms with Crippen molar-refractivity contribution < 1.29 is 9.90 Å². The molecule has 4 N–H and O–H groups in total. The monoisotopic (exact) mass is 236 g/mol. The third kappa shape index (κ3) is 4.87. The van der Waals surface area contributed by atoms with Gasteiger partial charge >= 0.3 is 0 Å². The molecule has 1 aromatic carbocycles. The number of aliphatic hydroxyl groups is 1. The van der Waals surface area contributed by atoms with Crippen molar-refractivity contribution in [1.29, 1.82) is 0 Å². The maximum atomic E-state index is 11.6. The number of carbonyl (C=O) groups is 1. The average Bonchev–Trinajstić information content (AvgIpc) is 2.30. The van der Waals surface area contributed by atoms with Crippen LogP contribution >= 0.6 is 0 Å². The summed E-state index contributed by atoms with van der Waals surface area (Å²) in [4.78, 5) is 11.6.